The Morgan fingerprint density at radius 1 is 1.13 bits per heavy atom. The van der Waals surface area contributed by atoms with Gasteiger partial charge in [0.1, 0.15) is 23.5 Å². The average molecular weight is 514 g/mol. The highest BCUT2D eigenvalue weighted by atomic mass is 16.5. The molecule has 0 atom stereocenters. The fourth-order valence-electron chi connectivity index (χ4n) is 4.60. The molecule has 3 N–H and O–H groups in total. The number of nitriles is 1. The number of nitrogens with two attached hydrogens (primary N) is 1. The lowest BCUT2D eigenvalue weighted by molar-refractivity contribution is -0.119. The van der Waals surface area contributed by atoms with Crippen molar-refractivity contribution in [2.75, 3.05) is 24.5 Å². The molecule has 194 valence electrons. The first kappa shape index (κ1) is 25.1. The van der Waals surface area contributed by atoms with Crippen LogP contribution < -0.4 is 15.4 Å². The molecule has 2 amide bonds. The van der Waals surface area contributed by atoms with Gasteiger partial charge in [0.15, 0.2) is 0 Å². The number of anilines is 2. The molecule has 11 nitrogen and oxygen atoms in total. The fraction of sp³-hybridized carbons (Fsp3) is 0.333. The molecule has 1 saturated carbocycles. The van der Waals surface area contributed by atoms with Crippen LogP contribution in [0.4, 0.5) is 16.4 Å². The highest BCUT2D eigenvalue weighted by Gasteiger charge is 2.28. The highest BCUT2D eigenvalue weighted by Crippen LogP contribution is 2.42. The van der Waals surface area contributed by atoms with Crippen molar-refractivity contribution in [1.29, 1.82) is 5.26 Å². The average Bonchev–Trinajstić information content (AvgIpc) is 3.75. The van der Waals surface area contributed by atoms with Crippen molar-refractivity contribution >= 4 is 23.6 Å². The predicted octanol–water partition coefficient (Wildman–Crippen LogP) is 3.43. The van der Waals surface area contributed by atoms with Gasteiger partial charge in [-0.15, -0.1) is 0 Å². The van der Waals surface area contributed by atoms with Gasteiger partial charge in [0.05, 0.1) is 30.1 Å². The van der Waals surface area contributed by atoms with Crippen molar-refractivity contribution < 1.29 is 19.4 Å². The quantitative estimate of drug-likeness (QED) is 0.460. The Balaban J connectivity index is 1.42. The third-order valence-corrected chi connectivity index (χ3v) is 6.63. The minimum absolute atomic E-state index is 0.0153. The van der Waals surface area contributed by atoms with Crippen molar-refractivity contribution in [3.63, 3.8) is 0 Å². The van der Waals surface area contributed by atoms with Crippen LogP contribution in [-0.4, -0.2) is 62.7 Å². The van der Waals surface area contributed by atoms with Gasteiger partial charge >= 0.3 is 6.09 Å². The molecule has 4 heterocycles. The molecule has 5 rings (SSSR count). The molecule has 1 aliphatic heterocycles. The summed E-state index contributed by atoms with van der Waals surface area (Å²) in [6.45, 7) is 1.70. The number of pyridine rings is 3. The maximum atomic E-state index is 12.3. The van der Waals surface area contributed by atoms with E-state index in [9.17, 15) is 20.0 Å². The highest BCUT2D eigenvalue weighted by molar-refractivity contribution is 5.93. The number of amides is 2. The molecule has 2 fully saturated rings. The molecule has 3 aromatic rings. The van der Waals surface area contributed by atoms with Crippen LogP contribution in [0.25, 0.3) is 11.3 Å². The summed E-state index contributed by atoms with van der Waals surface area (Å²) in [5.74, 6) is 0.891. The van der Waals surface area contributed by atoms with Crippen molar-refractivity contribution in [1.82, 2.24) is 19.9 Å². The van der Waals surface area contributed by atoms with E-state index in [0.717, 1.165) is 49.2 Å². The molecule has 38 heavy (non-hydrogen) atoms. The number of rotatable bonds is 8. The molecular formula is C27H27N7O4. The summed E-state index contributed by atoms with van der Waals surface area (Å²) in [7, 11) is 0. The summed E-state index contributed by atoms with van der Waals surface area (Å²) in [5.41, 5.74) is 7.85. The largest absolute Gasteiger partial charge is 0.489 e. The van der Waals surface area contributed by atoms with E-state index >= 15 is 0 Å². The van der Waals surface area contributed by atoms with Gasteiger partial charge in [-0.05, 0) is 67.5 Å². The van der Waals surface area contributed by atoms with Gasteiger partial charge in [0.2, 0.25) is 5.91 Å². The van der Waals surface area contributed by atoms with Gasteiger partial charge in [0, 0.05) is 31.0 Å². The monoisotopic (exact) mass is 513 g/mol. The summed E-state index contributed by atoms with van der Waals surface area (Å²) < 4.78 is 6.19. The zero-order valence-electron chi connectivity index (χ0n) is 20.7. The number of hydrogen-bond donors (Lipinski definition) is 2. The third kappa shape index (κ3) is 5.87. The standard InChI is InChI=1S/C27H27N7O4/c28-13-17-3-6-31-25(9-17)34(27(36)37)26-12-19(18-1-2-18)11-23(32-26)20-10-22(15-30-14-20)38-21-4-7-33(8-5-21)16-24(29)35/h3,6,9-12,14-15,18,21H,1-2,4-5,7-8,16H2,(H2,29,35)(H,36,37). The molecular weight excluding hydrogens is 486 g/mol. The first-order chi connectivity index (χ1) is 18.4. The van der Waals surface area contributed by atoms with Crippen LogP contribution in [0, 0.1) is 11.3 Å². The minimum atomic E-state index is -1.25. The molecule has 0 spiro atoms. The van der Waals surface area contributed by atoms with Crippen LogP contribution in [-0.2, 0) is 4.79 Å². The second kappa shape index (κ2) is 10.8. The Hall–Kier alpha value is -4.56. The van der Waals surface area contributed by atoms with E-state index in [4.69, 9.17) is 10.5 Å². The molecule has 1 saturated heterocycles. The normalized spacial score (nSPS) is 16.0. The predicted molar refractivity (Wildman–Crippen MR) is 138 cm³/mol. The zero-order valence-corrected chi connectivity index (χ0v) is 20.7. The Labute approximate surface area is 219 Å². The lowest BCUT2D eigenvalue weighted by Crippen LogP contribution is -2.42. The summed E-state index contributed by atoms with van der Waals surface area (Å²) in [6.07, 6.45) is 7.02. The SMILES string of the molecule is N#Cc1ccnc(N(C(=O)O)c2cc(C3CC3)cc(-c3cncc(OC4CCN(CC(N)=O)CC4)c3)n2)c1. The Kier molecular flexibility index (Phi) is 7.15. The molecule has 3 aromatic heterocycles. The van der Waals surface area contributed by atoms with Gasteiger partial charge in [0.25, 0.3) is 0 Å². The Morgan fingerprint density at radius 2 is 1.92 bits per heavy atom. The van der Waals surface area contributed by atoms with E-state index in [1.807, 2.05) is 23.1 Å². The van der Waals surface area contributed by atoms with E-state index in [0.29, 0.717) is 28.5 Å². The lowest BCUT2D eigenvalue weighted by atomic mass is 10.1. The van der Waals surface area contributed by atoms with Crippen molar-refractivity contribution in [3.8, 4) is 23.1 Å². The van der Waals surface area contributed by atoms with E-state index < -0.39 is 6.09 Å². The topological polar surface area (TPSA) is 159 Å². The van der Waals surface area contributed by atoms with Gasteiger partial charge in [-0.1, -0.05) is 0 Å². The molecule has 2 aliphatic rings. The smallest absolute Gasteiger partial charge is 0.418 e. The van der Waals surface area contributed by atoms with Crippen molar-refractivity contribution in [2.45, 2.75) is 37.7 Å². The van der Waals surface area contributed by atoms with Crippen LogP contribution >= 0.6 is 0 Å². The van der Waals surface area contributed by atoms with Crippen LogP contribution in [0.15, 0.2) is 48.9 Å². The van der Waals surface area contributed by atoms with Gasteiger partial charge < -0.3 is 15.6 Å². The minimum Gasteiger partial charge on any atom is -0.489 e. The molecule has 0 bridgehead atoms. The van der Waals surface area contributed by atoms with Crippen molar-refractivity contribution in [3.05, 3.63) is 60.0 Å². The number of likely N-dealkylation sites (tertiary alicyclic amines) is 1. The number of hydrogen-bond acceptors (Lipinski definition) is 8. The van der Waals surface area contributed by atoms with Crippen molar-refractivity contribution in [2.24, 2.45) is 5.73 Å². The van der Waals surface area contributed by atoms with E-state index in [1.54, 1.807) is 18.5 Å². The molecule has 0 radical (unpaired) electrons. The first-order valence-corrected chi connectivity index (χ1v) is 12.4. The van der Waals surface area contributed by atoms with Gasteiger partial charge in [-0.2, -0.15) is 5.26 Å². The number of nitrogens with zero attached hydrogens (tertiary/aromatic N) is 6. The third-order valence-electron chi connectivity index (χ3n) is 6.63. The number of carbonyl (C=O) groups excluding carboxylic acids is 1. The summed E-state index contributed by atoms with van der Waals surface area (Å²) in [4.78, 5) is 39.7. The zero-order chi connectivity index (χ0) is 26.6. The number of aromatic nitrogens is 3. The van der Waals surface area contributed by atoms with Crippen LogP contribution in [0.3, 0.4) is 0 Å². The number of carboxylic acid groups (broad SMARTS) is 1. The van der Waals surface area contributed by atoms with E-state index in [2.05, 4.69) is 15.0 Å². The second-order valence-corrected chi connectivity index (χ2v) is 9.52. The second-order valence-electron chi connectivity index (χ2n) is 9.52. The maximum absolute atomic E-state index is 12.3. The molecule has 0 unspecified atom stereocenters. The molecule has 0 aromatic carbocycles. The van der Waals surface area contributed by atoms with Crippen LogP contribution in [0.1, 0.15) is 42.7 Å². The Bertz CT molecular complexity index is 1390. The summed E-state index contributed by atoms with van der Waals surface area (Å²) >= 11 is 0. The summed E-state index contributed by atoms with van der Waals surface area (Å²) in [6, 6.07) is 10.5. The molecule has 1 aliphatic carbocycles. The van der Waals surface area contributed by atoms with Crippen LogP contribution in [0.2, 0.25) is 0 Å². The van der Waals surface area contributed by atoms with E-state index in [1.165, 1.54) is 18.3 Å². The number of carbonyl (C=O) groups is 2. The number of piperidine rings is 1. The lowest BCUT2D eigenvalue weighted by Gasteiger charge is -2.31. The maximum Gasteiger partial charge on any atom is 0.418 e. The van der Waals surface area contributed by atoms with E-state index in [-0.39, 0.29) is 30.2 Å². The number of ether oxygens (including phenoxy) is 1. The van der Waals surface area contributed by atoms with Gasteiger partial charge in [-0.25, -0.2) is 19.7 Å². The summed E-state index contributed by atoms with van der Waals surface area (Å²) in [5, 5.41) is 19.3. The van der Waals surface area contributed by atoms with Crippen LogP contribution in [0.5, 0.6) is 5.75 Å². The van der Waals surface area contributed by atoms with Gasteiger partial charge in [-0.3, -0.25) is 14.7 Å². The fourth-order valence-corrected chi connectivity index (χ4v) is 4.60. The first-order valence-electron chi connectivity index (χ1n) is 12.4. The molecule has 11 heteroatoms. The number of primary amides is 1. The Morgan fingerprint density at radius 3 is 2.61 bits per heavy atom.